The van der Waals surface area contributed by atoms with Crippen LogP contribution in [0, 0.1) is 5.41 Å². The van der Waals surface area contributed by atoms with Gasteiger partial charge in [0.05, 0.1) is 13.2 Å². The molecule has 0 bridgehead atoms. The van der Waals surface area contributed by atoms with Crippen molar-refractivity contribution in [3.05, 3.63) is 29.8 Å². The zero-order valence-corrected chi connectivity index (χ0v) is 20.1. The van der Waals surface area contributed by atoms with E-state index >= 15 is 0 Å². The minimum Gasteiger partial charge on any atom is -0.490 e. The summed E-state index contributed by atoms with van der Waals surface area (Å²) in [5.74, 6) is -1.28. The molecule has 1 aromatic rings. The van der Waals surface area contributed by atoms with Crippen molar-refractivity contribution in [2.24, 2.45) is 4.99 Å². The van der Waals surface area contributed by atoms with Gasteiger partial charge in [-0.05, 0) is 50.6 Å². The molecule has 2 unspecified atom stereocenters. The summed E-state index contributed by atoms with van der Waals surface area (Å²) >= 11 is 0. The van der Waals surface area contributed by atoms with E-state index in [0.717, 1.165) is 25.2 Å². The van der Waals surface area contributed by atoms with Crippen molar-refractivity contribution < 1.29 is 32.2 Å². The number of esters is 2. The van der Waals surface area contributed by atoms with Crippen molar-refractivity contribution in [2.45, 2.75) is 44.6 Å². The Balaban J connectivity index is 1.64. The molecular formula is C22H30N4O7S. The number of ether oxygens (including phenoxy) is 3. The topological polar surface area (TPSA) is 147 Å². The fourth-order valence-corrected chi connectivity index (χ4v) is 5.09. The van der Waals surface area contributed by atoms with E-state index in [1.807, 2.05) is 18.2 Å². The molecule has 2 aliphatic rings. The minimum absolute atomic E-state index is 0.0181. The first-order chi connectivity index (χ1) is 16.2. The lowest BCUT2D eigenvalue weighted by atomic mass is 10.2. The number of nitrogens with one attached hydrogen (secondary N) is 2. The third kappa shape index (κ3) is 6.76. The molecular weight excluding hydrogens is 464 g/mol. The van der Waals surface area contributed by atoms with Gasteiger partial charge in [0.25, 0.3) is 10.0 Å². The Morgan fingerprint density at radius 2 is 2.03 bits per heavy atom. The van der Waals surface area contributed by atoms with Crippen molar-refractivity contribution in [3.63, 3.8) is 0 Å². The summed E-state index contributed by atoms with van der Waals surface area (Å²) in [6, 6.07) is 7.65. The van der Waals surface area contributed by atoms with Crippen LogP contribution in [0.15, 0.2) is 29.3 Å². The second-order valence-corrected chi connectivity index (χ2v) is 9.82. The van der Waals surface area contributed by atoms with E-state index in [0.29, 0.717) is 5.75 Å². The summed E-state index contributed by atoms with van der Waals surface area (Å²) in [5.41, 5.74) is 0.595. The Bertz CT molecular complexity index is 1050. The summed E-state index contributed by atoms with van der Waals surface area (Å²) in [5, 5.41) is 6.27. The van der Waals surface area contributed by atoms with E-state index in [1.54, 1.807) is 6.07 Å². The maximum atomic E-state index is 12.2. The number of hydrogen-bond donors (Lipinski definition) is 2. The van der Waals surface area contributed by atoms with Gasteiger partial charge < -0.3 is 14.2 Å². The Kier molecular flexibility index (Phi) is 8.61. The van der Waals surface area contributed by atoms with Crippen LogP contribution < -0.4 is 9.46 Å². The minimum atomic E-state index is -4.17. The lowest BCUT2D eigenvalue weighted by Crippen LogP contribution is -2.35. The number of hydrogen-bond acceptors (Lipinski definition) is 10. The number of likely N-dealkylation sites (tertiary alicyclic amines) is 1. The summed E-state index contributed by atoms with van der Waals surface area (Å²) in [6.07, 6.45) is 1.58. The fourth-order valence-electron chi connectivity index (χ4n) is 3.78. The van der Waals surface area contributed by atoms with Crippen LogP contribution >= 0.6 is 0 Å². The molecule has 1 aromatic carbocycles. The third-order valence-electron chi connectivity index (χ3n) is 5.29. The molecule has 2 aliphatic heterocycles. The summed E-state index contributed by atoms with van der Waals surface area (Å²) in [4.78, 5) is 30.0. The van der Waals surface area contributed by atoms with E-state index in [4.69, 9.17) is 19.6 Å². The lowest BCUT2D eigenvalue weighted by Gasteiger charge is -2.18. The molecule has 2 heterocycles. The van der Waals surface area contributed by atoms with Crippen LogP contribution in [0.4, 0.5) is 0 Å². The Hall–Kier alpha value is -2.99. The molecule has 0 spiro atoms. The number of rotatable bonds is 10. The number of sulfonamides is 1. The molecule has 34 heavy (non-hydrogen) atoms. The lowest BCUT2D eigenvalue weighted by molar-refractivity contribution is -0.147. The first-order valence-corrected chi connectivity index (χ1v) is 12.7. The highest BCUT2D eigenvalue weighted by molar-refractivity contribution is 7.93. The number of nitrogens with zero attached hydrogens (tertiary/aromatic N) is 2. The Labute approximate surface area is 199 Å². The maximum absolute atomic E-state index is 12.2. The summed E-state index contributed by atoms with van der Waals surface area (Å²) < 4.78 is 42.4. The molecule has 0 radical (unpaired) electrons. The van der Waals surface area contributed by atoms with E-state index in [-0.39, 0.29) is 25.6 Å². The molecule has 2 N–H and O–H groups in total. The molecule has 12 heteroatoms. The highest BCUT2D eigenvalue weighted by Crippen LogP contribution is 2.18. The first-order valence-electron chi connectivity index (χ1n) is 11.1. The fraction of sp³-hybridized carbons (Fsp3) is 0.545. The number of amidine groups is 1. The molecule has 0 amide bonds. The zero-order chi connectivity index (χ0) is 24.7. The van der Waals surface area contributed by atoms with Crippen molar-refractivity contribution in [1.82, 2.24) is 9.62 Å². The molecule has 2 fully saturated rings. The molecule has 186 valence electrons. The van der Waals surface area contributed by atoms with Crippen LogP contribution in [0.5, 0.6) is 5.75 Å². The van der Waals surface area contributed by atoms with Crippen LogP contribution in [0.2, 0.25) is 0 Å². The Morgan fingerprint density at radius 3 is 2.71 bits per heavy atom. The number of benzene rings is 1. The highest BCUT2D eigenvalue weighted by atomic mass is 32.2. The van der Waals surface area contributed by atoms with Crippen LogP contribution in [0.1, 0.15) is 32.3 Å². The molecule has 2 atom stereocenters. The van der Waals surface area contributed by atoms with Crippen molar-refractivity contribution in [1.29, 1.82) is 5.41 Å². The van der Waals surface area contributed by atoms with Gasteiger partial charge in [0.15, 0.2) is 11.9 Å². The second-order valence-electron chi connectivity index (χ2n) is 8.06. The molecule has 0 aromatic heterocycles. The van der Waals surface area contributed by atoms with Gasteiger partial charge in [-0.15, -0.1) is 0 Å². The smallest absolute Gasteiger partial charge is 0.332 e. The van der Waals surface area contributed by atoms with Gasteiger partial charge in [-0.2, -0.15) is 0 Å². The largest absolute Gasteiger partial charge is 0.490 e. The molecule has 3 rings (SSSR count). The van der Waals surface area contributed by atoms with E-state index < -0.39 is 39.0 Å². The molecule has 0 aliphatic carbocycles. The van der Waals surface area contributed by atoms with Crippen molar-refractivity contribution in [2.75, 3.05) is 32.8 Å². The number of carbonyl (C=O) groups excluding carboxylic acids is 2. The number of carbonyl (C=O) groups is 2. The first kappa shape index (κ1) is 25.6. The van der Waals surface area contributed by atoms with Crippen molar-refractivity contribution >= 4 is 33.5 Å². The molecule has 11 nitrogen and oxygen atoms in total. The van der Waals surface area contributed by atoms with Gasteiger partial charge in [-0.1, -0.05) is 12.1 Å². The average molecular weight is 495 g/mol. The summed E-state index contributed by atoms with van der Waals surface area (Å²) in [6.45, 7) is 5.57. The van der Waals surface area contributed by atoms with Crippen LogP contribution in [-0.2, 0) is 35.6 Å². The molecule has 2 saturated heterocycles. The zero-order valence-electron chi connectivity index (χ0n) is 19.3. The van der Waals surface area contributed by atoms with Gasteiger partial charge in [-0.3, -0.25) is 29.6 Å². The second kappa shape index (κ2) is 11.4. The predicted molar refractivity (Wildman–Crippen MR) is 125 cm³/mol. The summed E-state index contributed by atoms with van der Waals surface area (Å²) in [7, 11) is -4.17. The van der Waals surface area contributed by atoms with E-state index in [1.165, 1.54) is 26.7 Å². The van der Waals surface area contributed by atoms with Crippen LogP contribution in [0.25, 0.3) is 0 Å². The predicted octanol–water partition coefficient (Wildman–Crippen LogP) is 0.876. The Morgan fingerprint density at radius 1 is 1.29 bits per heavy atom. The van der Waals surface area contributed by atoms with Gasteiger partial charge in [0, 0.05) is 13.5 Å². The molecule has 0 saturated carbocycles. The quantitative estimate of drug-likeness (QED) is 0.456. The van der Waals surface area contributed by atoms with E-state index in [2.05, 4.69) is 14.6 Å². The SMILES string of the molecule is CCOC(=O)C1C(=N)C(=NCC(COc2cccc(CN3CCCC3)c2)OC(C)=O)NS1(=O)=O. The maximum Gasteiger partial charge on any atom is 0.332 e. The average Bonchev–Trinajstić information content (AvgIpc) is 3.35. The third-order valence-corrected chi connectivity index (χ3v) is 6.82. The normalized spacial score (nSPS) is 21.8. The highest BCUT2D eigenvalue weighted by Gasteiger charge is 2.47. The van der Waals surface area contributed by atoms with Gasteiger partial charge in [0.1, 0.15) is 18.1 Å². The van der Waals surface area contributed by atoms with Crippen molar-refractivity contribution in [3.8, 4) is 5.75 Å². The van der Waals surface area contributed by atoms with Crippen LogP contribution in [-0.4, -0.2) is 81.0 Å². The van der Waals surface area contributed by atoms with Crippen LogP contribution in [0.3, 0.4) is 0 Å². The standard InChI is InChI=1S/C22H30N4O7S/c1-3-31-22(28)20-19(23)21(25-34(20,29)30)24-12-18(33-15(2)27)14-32-17-8-6-7-16(11-17)13-26-9-4-5-10-26/h6-8,11,18,20,23H,3-5,9-10,12-14H2,1-2H3,(H,24,25). The monoisotopic (exact) mass is 494 g/mol. The van der Waals surface area contributed by atoms with Gasteiger partial charge >= 0.3 is 11.9 Å². The van der Waals surface area contributed by atoms with E-state index in [9.17, 15) is 18.0 Å². The number of aliphatic imine (C=N–C) groups is 1. The van der Waals surface area contributed by atoms with Gasteiger partial charge in [-0.25, -0.2) is 8.42 Å². The van der Waals surface area contributed by atoms with Gasteiger partial charge in [0.2, 0.25) is 5.25 Å².